The second-order valence-electron chi connectivity index (χ2n) is 15.8. The topological polar surface area (TPSA) is 25.3 Å². The Morgan fingerprint density at radius 3 is 1.00 bits per heavy atom. The molecule has 50 heavy (non-hydrogen) atoms. The standard InChI is InChI=1S/C48H76N2/c1-9-13-17-20-23-26-30-43-37(5)33-41(34-38(43)6)47-45(29-16-12-4)46(32-28-25-22-19-15-11-3)48(50(47)49)42-35-39(7)44(40(8)36-42)31-27-24-21-18-14-10-2/h33-36H,9-32H2,1-8H3. The van der Waals surface area contributed by atoms with Crippen LogP contribution >= 0.6 is 0 Å². The molecular formula is C48H76N2. The highest BCUT2D eigenvalue weighted by Gasteiger charge is 2.36. The maximum Gasteiger partial charge on any atom is 0.211 e. The van der Waals surface area contributed by atoms with Gasteiger partial charge in [0, 0.05) is 22.3 Å². The SMILES string of the molecule is CCCCCCCCC1=C(c2cc(C)c(CCCCCCCC)c(C)c2)[N+](=[N-])C(c2cc(C)c(CCCCCCCC)c(C)c2)=C1CCCC. The summed E-state index contributed by atoms with van der Waals surface area (Å²) < 4.78 is 1.63. The van der Waals surface area contributed by atoms with Gasteiger partial charge in [-0.1, -0.05) is 130 Å². The molecule has 2 heteroatoms. The van der Waals surface area contributed by atoms with Gasteiger partial charge in [-0.05, 0) is 137 Å². The van der Waals surface area contributed by atoms with Crippen molar-refractivity contribution >= 4 is 11.4 Å². The van der Waals surface area contributed by atoms with Gasteiger partial charge in [0.25, 0.3) is 0 Å². The summed E-state index contributed by atoms with van der Waals surface area (Å²) in [5, 5.41) is 0. The van der Waals surface area contributed by atoms with Gasteiger partial charge in [-0.2, -0.15) is 0 Å². The lowest BCUT2D eigenvalue weighted by Crippen LogP contribution is -2.06. The van der Waals surface area contributed by atoms with Crippen LogP contribution in [0, 0.1) is 27.7 Å². The Morgan fingerprint density at radius 1 is 0.380 bits per heavy atom. The normalized spacial score (nSPS) is 13.4. The fraction of sp³-hybridized carbons (Fsp3) is 0.667. The molecule has 0 atom stereocenters. The van der Waals surface area contributed by atoms with Gasteiger partial charge in [0.1, 0.15) is 0 Å². The van der Waals surface area contributed by atoms with E-state index in [9.17, 15) is 5.53 Å². The molecule has 0 unspecified atom stereocenters. The first-order chi connectivity index (χ1) is 24.3. The van der Waals surface area contributed by atoms with Crippen LogP contribution < -0.4 is 0 Å². The average Bonchev–Trinajstić information content (AvgIpc) is 3.36. The molecule has 2 nitrogen and oxygen atoms in total. The molecule has 1 aliphatic heterocycles. The summed E-state index contributed by atoms with van der Waals surface area (Å²) in [6.07, 6.45) is 30.3. The minimum atomic E-state index is 1.02. The third-order valence-corrected chi connectivity index (χ3v) is 11.4. The molecule has 0 spiro atoms. The summed E-state index contributed by atoms with van der Waals surface area (Å²) in [5.41, 5.74) is 28.1. The van der Waals surface area contributed by atoms with Gasteiger partial charge >= 0.3 is 0 Å². The summed E-state index contributed by atoms with van der Waals surface area (Å²) in [4.78, 5) is 0. The van der Waals surface area contributed by atoms with Gasteiger partial charge in [-0.15, -0.1) is 0 Å². The number of aryl methyl sites for hydroxylation is 4. The van der Waals surface area contributed by atoms with Crippen molar-refractivity contribution in [2.24, 2.45) is 0 Å². The predicted molar refractivity (Wildman–Crippen MR) is 221 cm³/mol. The predicted octanol–water partition coefficient (Wildman–Crippen LogP) is 15.8. The van der Waals surface area contributed by atoms with E-state index in [1.54, 1.807) is 4.70 Å². The summed E-state index contributed by atoms with van der Waals surface area (Å²) in [6.45, 7) is 18.4. The third kappa shape index (κ3) is 12.3. The van der Waals surface area contributed by atoms with Gasteiger partial charge in [0.15, 0.2) is 0 Å². The van der Waals surface area contributed by atoms with Gasteiger partial charge in [0.05, 0.1) is 0 Å². The number of benzene rings is 2. The van der Waals surface area contributed by atoms with Crippen LogP contribution in [0.25, 0.3) is 16.9 Å². The number of allylic oxidation sites excluding steroid dienone is 2. The molecule has 2 aromatic rings. The van der Waals surface area contributed by atoms with Crippen molar-refractivity contribution < 1.29 is 4.70 Å². The molecule has 0 amide bonds. The van der Waals surface area contributed by atoms with Crippen molar-refractivity contribution in [2.45, 2.75) is 209 Å². The summed E-state index contributed by atoms with van der Waals surface area (Å²) >= 11 is 0. The summed E-state index contributed by atoms with van der Waals surface area (Å²) in [6, 6.07) is 9.55. The Morgan fingerprint density at radius 2 is 0.660 bits per heavy atom. The van der Waals surface area contributed by atoms with Gasteiger partial charge in [-0.3, -0.25) is 0 Å². The molecule has 1 aliphatic rings. The molecule has 1 heterocycles. The molecule has 0 aromatic heterocycles. The van der Waals surface area contributed by atoms with Crippen LogP contribution in [0.1, 0.15) is 213 Å². The molecule has 0 bridgehead atoms. The number of rotatable bonds is 26. The molecule has 2 aromatic carbocycles. The smallest absolute Gasteiger partial charge is 0.211 e. The van der Waals surface area contributed by atoms with Crippen LogP contribution in [0.5, 0.6) is 0 Å². The van der Waals surface area contributed by atoms with Crippen LogP contribution in [0.15, 0.2) is 35.4 Å². The molecule has 0 fully saturated rings. The largest absolute Gasteiger partial charge is 0.493 e. The van der Waals surface area contributed by atoms with Crippen molar-refractivity contribution in [3.63, 3.8) is 0 Å². The highest BCUT2D eigenvalue weighted by molar-refractivity contribution is 5.82. The lowest BCUT2D eigenvalue weighted by Gasteiger charge is -2.16. The molecule has 3 rings (SSSR count). The first-order valence-electron chi connectivity index (χ1n) is 21.4. The molecule has 278 valence electrons. The van der Waals surface area contributed by atoms with E-state index in [0.29, 0.717) is 0 Å². The van der Waals surface area contributed by atoms with E-state index in [1.165, 1.54) is 171 Å². The quantitative estimate of drug-likeness (QED) is 0.0698. The highest BCUT2D eigenvalue weighted by atomic mass is 15.2. The molecular weight excluding hydrogens is 605 g/mol. The van der Waals surface area contributed by atoms with Crippen LogP contribution in [0.4, 0.5) is 0 Å². The lowest BCUT2D eigenvalue weighted by atomic mass is 9.89. The van der Waals surface area contributed by atoms with Crippen molar-refractivity contribution in [2.75, 3.05) is 0 Å². The number of hydrogen-bond donors (Lipinski definition) is 0. The first kappa shape index (κ1) is 41.9. The van der Waals surface area contributed by atoms with E-state index >= 15 is 0 Å². The Bertz CT molecular complexity index is 1360. The van der Waals surface area contributed by atoms with Crippen LogP contribution in [-0.4, -0.2) is 4.70 Å². The summed E-state index contributed by atoms with van der Waals surface area (Å²) in [5.74, 6) is 0. The third-order valence-electron chi connectivity index (χ3n) is 11.4. The van der Waals surface area contributed by atoms with Gasteiger partial charge in [0.2, 0.25) is 11.4 Å². The van der Waals surface area contributed by atoms with Crippen LogP contribution in [-0.2, 0) is 12.8 Å². The minimum absolute atomic E-state index is 1.02. The van der Waals surface area contributed by atoms with E-state index < -0.39 is 0 Å². The number of unbranched alkanes of at least 4 members (excludes halogenated alkanes) is 16. The Hall–Kier alpha value is -2.48. The molecule has 0 saturated carbocycles. The zero-order valence-corrected chi connectivity index (χ0v) is 34.2. The highest BCUT2D eigenvalue weighted by Crippen LogP contribution is 2.45. The second kappa shape index (κ2) is 23.2. The van der Waals surface area contributed by atoms with E-state index in [0.717, 1.165) is 49.9 Å². The number of nitrogens with zero attached hydrogens (tertiary/aromatic N) is 2. The first-order valence-corrected chi connectivity index (χ1v) is 21.4. The molecule has 0 saturated heterocycles. The maximum absolute atomic E-state index is 12.4. The monoisotopic (exact) mass is 681 g/mol. The summed E-state index contributed by atoms with van der Waals surface area (Å²) in [7, 11) is 0. The van der Waals surface area contributed by atoms with Gasteiger partial charge in [-0.25, -0.2) is 4.70 Å². The van der Waals surface area contributed by atoms with Crippen molar-refractivity contribution in [1.82, 2.24) is 0 Å². The fourth-order valence-corrected chi connectivity index (χ4v) is 8.43. The molecule has 0 N–H and O–H groups in total. The van der Waals surface area contributed by atoms with Gasteiger partial charge < -0.3 is 5.53 Å². The zero-order chi connectivity index (χ0) is 36.3. The van der Waals surface area contributed by atoms with E-state index in [1.807, 2.05) is 0 Å². The molecule has 0 aliphatic carbocycles. The van der Waals surface area contributed by atoms with E-state index in [4.69, 9.17) is 0 Å². The second-order valence-corrected chi connectivity index (χ2v) is 15.8. The van der Waals surface area contributed by atoms with E-state index in [2.05, 4.69) is 79.7 Å². The fourth-order valence-electron chi connectivity index (χ4n) is 8.43. The Balaban J connectivity index is 1.98. The van der Waals surface area contributed by atoms with Crippen molar-refractivity contribution in [1.29, 1.82) is 0 Å². The Labute approximate surface area is 310 Å². The molecule has 0 radical (unpaired) electrons. The number of hydrogen-bond acceptors (Lipinski definition) is 0. The van der Waals surface area contributed by atoms with Crippen molar-refractivity contribution in [3.8, 4) is 0 Å². The Kier molecular flexibility index (Phi) is 19.4. The van der Waals surface area contributed by atoms with E-state index in [-0.39, 0.29) is 0 Å². The lowest BCUT2D eigenvalue weighted by molar-refractivity contribution is -0.345. The maximum atomic E-state index is 12.4. The van der Waals surface area contributed by atoms with Crippen LogP contribution in [0.3, 0.4) is 0 Å². The average molecular weight is 681 g/mol. The zero-order valence-electron chi connectivity index (χ0n) is 34.2. The van der Waals surface area contributed by atoms with Crippen molar-refractivity contribution in [3.05, 3.63) is 85.5 Å². The van der Waals surface area contributed by atoms with Crippen LogP contribution in [0.2, 0.25) is 0 Å². The minimum Gasteiger partial charge on any atom is -0.493 e.